The summed E-state index contributed by atoms with van der Waals surface area (Å²) in [6.07, 6.45) is 0. The first-order valence-corrected chi connectivity index (χ1v) is 7.00. The first-order valence-electron chi connectivity index (χ1n) is 5.88. The smallest absolute Gasteiger partial charge is 0.123 e. The topological polar surface area (TPSA) is 12.5 Å². The third-order valence-electron chi connectivity index (χ3n) is 3.01. The van der Waals surface area contributed by atoms with Crippen LogP contribution in [0.2, 0.25) is 0 Å². The first-order chi connectivity index (χ1) is 9.15. The molecule has 4 heteroatoms. The molecule has 0 aromatic heterocycles. The van der Waals surface area contributed by atoms with Crippen molar-refractivity contribution in [3.63, 3.8) is 0 Å². The normalized spacial score (nSPS) is 10.3. The molecule has 0 saturated carbocycles. The fourth-order valence-corrected chi connectivity index (χ4v) is 2.38. The third kappa shape index (κ3) is 3.07. The van der Waals surface area contributed by atoms with E-state index in [0.29, 0.717) is 5.33 Å². The number of halogens is 2. The van der Waals surface area contributed by atoms with Crippen LogP contribution in [0.5, 0.6) is 5.75 Å². The van der Waals surface area contributed by atoms with Crippen molar-refractivity contribution in [1.82, 2.24) is 0 Å². The Morgan fingerprint density at radius 1 is 1.16 bits per heavy atom. The van der Waals surface area contributed by atoms with E-state index >= 15 is 0 Å². The molecule has 2 rings (SSSR count). The summed E-state index contributed by atoms with van der Waals surface area (Å²) < 4.78 is 18.4. The van der Waals surface area contributed by atoms with Crippen LogP contribution >= 0.6 is 15.9 Å². The van der Waals surface area contributed by atoms with Crippen LogP contribution in [-0.2, 0) is 5.33 Å². The number of rotatable bonds is 4. The van der Waals surface area contributed by atoms with Gasteiger partial charge in [0.2, 0.25) is 0 Å². The summed E-state index contributed by atoms with van der Waals surface area (Å²) in [5, 5.41) is 0.612. The molecule has 0 unspecified atom stereocenters. The molecule has 0 heterocycles. The Bertz CT molecular complexity index is 557. The Morgan fingerprint density at radius 2 is 1.84 bits per heavy atom. The van der Waals surface area contributed by atoms with E-state index in [1.54, 1.807) is 19.2 Å². The summed E-state index contributed by atoms with van der Waals surface area (Å²) >= 11 is 3.39. The van der Waals surface area contributed by atoms with Crippen LogP contribution in [0, 0.1) is 5.82 Å². The van der Waals surface area contributed by atoms with Gasteiger partial charge in [0.05, 0.1) is 7.11 Å². The number of anilines is 2. The lowest BCUT2D eigenvalue weighted by molar-refractivity contribution is 0.415. The van der Waals surface area contributed by atoms with Crippen LogP contribution in [0.15, 0.2) is 42.5 Å². The van der Waals surface area contributed by atoms with E-state index in [9.17, 15) is 4.39 Å². The van der Waals surface area contributed by atoms with E-state index in [1.165, 1.54) is 6.07 Å². The number of methoxy groups -OCH3 is 1. The van der Waals surface area contributed by atoms with E-state index in [2.05, 4.69) is 15.9 Å². The SMILES string of the molecule is COc1ccc(N(C)c2ccc(F)cc2CBr)cc1. The Kier molecular flexibility index (Phi) is 4.43. The molecule has 0 atom stereocenters. The lowest BCUT2D eigenvalue weighted by atomic mass is 10.1. The lowest BCUT2D eigenvalue weighted by Crippen LogP contribution is -2.11. The molecular weight excluding hydrogens is 309 g/mol. The second-order valence-corrected chi connectivity index (χ2v) is 4.72. The maximum absolute atomic E-state index is 13.2. The van der Waals surface area contributed by atoms with Gasteiger partial charge in [-0.3, -0.25) is 0 Å². The third-order valence-corrected chi connectivity index (χ3v) is 3.61. The second-order valence-electron chi connectivity index (χ2n) is 4.16. The van der Waals surface area contributed by atoms with Crippen LogP contribution in [0.3, 0.4) is 0 Å². The van der Waals surface area contributed by atoms with Gasteiger partial charge in [-0.25, -0.2) is 4.39 Å². The molecule has 2 aromatic rings. The van der Waals surface area contributed by atoms with E-state index in [4.69, 9.17) is 4.74 Å². The van der Waals surface area contributed by atoms with Crippen molar-refractivity contribution < 1.29 is 9.13 Å². The number of alkyl halides is 1. The zero-order valence-electron chi connectivity index (χ0n) is 10.9. The lowest BCUT2D eigenvalue weighted by Gasteiger charge is -2.22. The molecule has 0 aliphatic carbocycles. The number of hydrogen-bond donors (Lipinski definition) is 0. The Hall–Kier alpha value is -1.55. The van der Waals surface area contributed by atoms with Crippen molar-refractivity contribution in [3.8, 4) is 5.75 Å². The Balaban J connectivity index is 2.34. The van der Waals surface area contributed by atoms with E-state index in [-0.39, 0.29) is 5.82 Å². The number of benzene rings is 2. The Labute approximate surface area is 120 Å². The summed E-state index contributed by atoms with van der Waals surface area (Å²) in [5.41, 5.74) is 2.91. The summed E-state index contributed by atoms with van der Waals surface area (Å²) in [6.45, 7) is 0. The van der Waals surface area contributed by atoms with Crippen LogP contribution in [-0.4, -0.2) is 14.2 Å². The van der Waals surface area contributed by atoms with Crippen LogP contribution in [0.4, 0.5) is 15.8 Å². The summed E-state index contributed by atoms with van der Waals surface area (Å²) in [5.74, 6) is 0.596. The minimum atomic E-state index is -0.221. The first kappa shape index (κ1) is 13.9. The van der Waals surface area contributed by atoms with Crippen molar-refractivity contribution in [3.05, 3.63) is 53.8 Å². The van der Waals surface area contributed by atoms with Crippen molar-refractivity contribution in [1.29, 1.82) is 0 Å². The minimum Gasteiger partial charge on any atom is -0.497 e. The molecule has 0 amide bonds. The molecule has 100 valence electrons. The summed E-state index contributed by atoms with van der Waals surface area (Å²) in [6, 6.07) is 12.6. The molecule has 2 aromatic carbocycles. The molecule has 0 aliphatic rings. The molecule has 2 nitrogen and oxygen atoms in total. The van der Waals surface area contributed by atoms with E-state index < -0.39 is 0 Å². The van der Waals surface area contributed by atoms with E-state index in [0.717, 1.165) is 22.7 Å². The quantitative estimate of drug-likeness (QED) is 0.768. The summed E-state index contributed by atoms with van der Waals surface area (Å²) in [7, 11) is 3.60. The average Bonchev–Trinajstić information content (AvgIpc) is 2.46. The standard InChI is InChI=1S/C15H15BrFNO/c1-18(13-4-6-14(19-2)7-5-13)15-8-3-12(17)9-11(15)10-16/h3-9H,10H2,1-2H3. The minimum absolute atomic E-state index is 0.221. The highest BCUT2D eigenvalue weighted by molar-refractivity contribution is 9.08. The van der Waals surface area contributed by atoms with Gasteiger partial charge in [0.1, 0.15) is 11.6 Å². The van der Waals surface area contributed by atoms with Crippen molar-refractivity contribution in [2.24, 2.45) is 0 Å². The highest BCUT2D eigenvalue weighted by Gasteiger charge is 2.09. The maximum atomic E-state index is 13.2. The number of nitrogens with zero attached hydrogens (tertiary/aromatic N) is 1. The Morgan fingerprint density at radius 3 is 2.42 bits per heavy atom. The van der Waals surface area contributed by atoms with E-state index in [1.807, 2.05) is 36.2 Å². The van der Waals surface area contributed by atoms with Gasteiger partial charge >= 0.3 is 0 Å². The highest BCUT2D eigenvalue weighted by Crippen LogP contribution is 2.30. The molecule has 0 bridgehead atoms. The maximum Gasteiger partial charge on any atom is 0.123 e. The summed E-state index contributed by atoms with van der Waals surface area (Å²) in [4.78, 5) is 2.02. The van der Waals surface area contributed by atoms with Gasteiger partial charge in [-0.1, -0.05) is 15.9 Å². The van der Waals surface area contributed by atoms with Gasteiger partial charge in [-0.2, -0.15) is 0 Å². The van der Waals surface area contributed by atoms with Crippen molar-refractivity contribution >= 4 is 27.3 Å². The van der Waals surface area contributed by atoms with Gasteiger partial charge in [-0.05, 0) is 48.0 Å². The fourth-order valence-electron chi connectivity index (χ4n) is 1.93. The van der Waals surface area contributed by atoms with Gasteiger partial charge < -0.3 is 9.64 Å². The van der Waals surface area contributed by atoms with Crippen LogP contribution in [0.1, 0.15) is 5.56 Å². The predicted octanol–water partition coefficient (Wildman–Crippen LogP) is 4.50. The second kappa shape index (κ2) is 6.06. The zero-order valence-corrected chi connectivity index (χ0v) is 12.4. The molecule has 19 heavy (non-hydrogen) atoms. The molecular formula is C15H15BrFNO. The van der Waals surface area contributed by atoms with Gasteiger partial charge in [0.25, 0.3) is 0 Å². The van der Waals surface area contributed by atoms with Crippen molar-refractivity contribution in [2.45, 2.75) is 5.33 Å². The fraction of sp³-hybridized carbons (Fsp3) is 0.200. The molecule has 0 radical (unpaired) electrons. The number of ether oxygens (including phenoxy) is 1. The molecule has 0 aliphatic heterocycles. The molecule has 0 saturated heterocycles. The monoisotopic (exact) mass is 323 g/mol. The highest BCUT2D eigenvalue weighted by atomic mass is 79.9. The molecule has 0 fully saturated rings. The molecule has 0 spiro atoms. The predicted molar refractivity (Wildman–Crippen MR) is 80.1 cm³/mol. The van der Waals surface area contributed by atoms with Crippen molar-refractivity contribution in [2.75, 3.05) is 19.1 Å². The zero-order chi connectivity index (χ0) is 13.8. The largest absolute Gasteiger partial charge is 0.497 e. The van der Waals surface area contributed by atoms with Gasteiger partial charge in [0, 0.05) is 23.8 Å². The molecule has 0 N–H and O–H groups in total. The van der Waals surface area contributed by atoms with Gasteiger partial charge in [-0.15, -0.1) is 0 Å². The van der Waals surface area contributed by atoms with Crippen LogP contribution in [0.25, 0.3) is 0 Å². The number of hydrogen-bond acceptors (Lipinski definition) is 2. The van der Waals surface area contributed by atoms with Crippen LogP contribution < -0.4 is 9.64 Å². The van der Waals surface area contributed by atoms with Gasteiger partial charge in [0.15, 0.2) is 0 Å². The average molecular weight is 324 g/mol.